The summed E-state index contributed by atoms with van der Waals surface area (Å²) >= 11 is 1.55. The summed E-state index contributed by atoms with van der Waals surface area (Å²) in [5.41, 5.74) is 1.17. The molecule has 5 nitrogen and oxygen atoms in total. The molecule has 0 saturated heterocycles. The van der Waals surface area contributed by atoms with E-state index in [2.05, 4.69) is 54.6 Å². The van der Waals surface area contributed by atoms with Crippen LogP contribution in [0, 0.1) is 0 Å². The van der Waals surface area contributed by atoms with Crippen molar-refractivity contribution in [2.45, 2.75) is 59.0 Å². The van der Waals surface area contributed by atoms with Gasteiger partial charge in [-0.3, -0.25) is 0 Å². The summed E-state index contributed by atoms with van der Waals surface area (Å²) in [6, 6.07) is 12.2. The van der Waals surface area contributed by atoms with E-state index in [1.165, 1.54) is 0 Å². The van der Waals surface area contributed by atoms with Gasteiger partial charge in [-0.1, -0.05) is 30.3 Å². The molecule has 0 radical (unpaired) electrons. The normalized spacial score (nSPS) is 14.6. The lowest BCUT2D eigenvalue weighted by Gasteiger charge is -2.23. The molecule has 154 valence electrons. The van der Waals surface area contributed by atoms with Crippen LogP contribution >= 0.6 is 11.3 Å². The Balaban J connectivity index is 1.98. The summed E-state index contributed by atoms with van der Waals surface area (Å²) in [7, 11) is 0. The molecule has 0 aliphatic carbocycles. The number of hydrogen-bond acceptors (Lipinski definition) is 4. The number of benzene rings is 1. The average Bonchev–Trinajstić information content (AvgIpc) is 3.18. The standard InChI is InChI=1S/C22H33N3O2S/c1-6-23-20(25-16-22(5,26)19-11-8-12-28-19)24-14-17-9-7-10-18(13-17)15-27-21(2,3)4/h7-13,26H,6,14-16H2,1-5H3,(H2,23,24,25). The molecule has 0 bridgehead atoms. The van der Waals surface area contributed by atoms with Crippen molar-refractivity contribution in [3.8, 4) is 0 Å². The van der Waals surface area contributed by atoms with E-state index in [0.717, 1.165) is 22.5 Å². The maximum absolute atomic E-state index is 10.7. The molecule has 1 unspecified atom stereocenters. The molecule has 0 saturated carbocycles. The number of rotatable bonds is 8. The van der Waals surface area contributed by atoms with Crippen molar-refractivity contribution in [2.24, 2.45) is 4.99 Å². The highest BCUT2D eigenvalue weighted by atomic mass is 32.1. The van der Waals surface area contributed by atoms with E-state index in [0.29, 0.717) is 25.7 Å². The average molecular weight is 404 g/mol. The fraction of sp³-hybridized carbons (Fsp3) is 0.500. The third kappa shape index (κ3) is 7.62. The first-order chi connectivity index (χ1) is 13.2. The zero-order chi connectivity index (χ0) is 20.6. The van der Waals surface area contributed by atoms with E-state index < -0.39 is 5.60 Å². The van der Waals surface area contributed by atoms with Gasteiger partial charge in [-0.2, -0.15) is 0 Å². The van der Waals surface area contributed by atoms with Crippen LogP contribution in [0.4, 0.5) is 0 Å². The second-order valence-corrected chi connectivity index (χ2v) is 8.97. The summed E-state index contributed by atoms with van der Waals surface area (Å²) in [6.45, 7) is 12.3. The summed E-state index contributed by atoms with van der Waals surface area (Å²) in [4.78, 5) is 5.60. The molecule has 0 aliphatic heterocycles. The Morgan fingerprint density at radius 1 is 1.11 bits per heavy atom. The number of aliphatic hydroxyl groups is 1. The van der Waals surface area contributed by atoms with Gasteiger partial charge < -0.3 is 20.5 Å². The molecule has 1 heterocycles. The maximum atomic E-state index is 10.7. The Morgan fingerprint density at radius 3 is 2.50 bits per heavy atom. The summed E-state index contributed by atoms with van der Waals surface area (Å²) in [5, 5.41) is 19.1. The number of aliphatic imine (C=N–C) groups is 1. The lowest BCUT2D eigenvalue weighted by atomic mass is 10.1. The van der Waals surface area contributed by atoms with Crippen LogP contribution in [0.2, 0.25) is 0 Å². The highest BCUT2D eigenvalue weighted by Gasteiger charge is 2.24. The van der Waals surface area contributed by atoms with Crippen LogP contribution in [-0.4, -0.2) is 29.8 Å². The first kappa shape index (κ1) is 22.4. The predicted molar refractivity (Wildman–Crippen MR) is 118 cm³/mol. The minimum absolute atomic E-state index is 0.157. The molecule has 6 heteroatoms. The Bertz CT molecular complexity index is 749. The molecule has 3 N–H and O–H groups in total. The van der Waals surface area contributed by atoms with Crippen LogP contribution in [0.3, 0.4) is 0 Å². The number of hydrogen-bond donors (Lipinski definition) is 3. The van der Waals surface area contributed by atoms with Gasteiger partial charge in [-0.05, 0) is 57.2 Å². The Kier molecular flexibility index (Phi) is 8.04. The molecule has 0 aliphatic rings. The maximum Gasteiger partial charge on any atom is 0.191 e. The van der Waals surface area contributed by atoms with Crippen LogP contribution in [0.1, 0.15) is 50.6 Å². The van der Waals surface area contributed by atoms with Crippen LogP contribution in [0.15, 0.2) is 46.8 Å². The fourth-order valence-electron chi connectivity index (χ4n) is 2.56. The largest absolute Gasteiger partial charge is 0.383 e. The van der Waals surface area contributed by atoms with E-state index in [-0.39, 0.29) is 5.60 Å². The lowest BCUT2D eigenvalue weighted by Crippen LogP contribution is -2.44. The van der Waals surface area contributed by atoms with Gasteiger partial charge in [0.05, 0.1) is 25.3 Å². The summed E-state index contributed by atoms with van der Waals surface area (Å²) in [6.07, 6.45) is 0. The Morgan fingerprint density at radius 2 is 1.86 bits per heavy atom. The van der Waals surface area contributed by atoms with Gasteiger partial charge in [0.25, 0.3) is 0 Å². The molecule has 1 atom stereocenters. The number of nitrogens with one attached hydrogen (secondary N) is 2. The highest BCUT2D eigenvalue weighted by molar-refractivity contribution is 7.10. The Labute approximate surface area is 172 Å². The zero-order valence-electron chi connectivity index (χ0n) is 17.6. The molecular formula is C22H33N3O2S. The quantitative estimate of drug-likeness (QED) is 0.460. The van der Waals surface area contributed by atoms with Crippen LogP contribution in [-0.2, 0) is 23.5 Å². The van der Waals surface area contributed by atoms with Gasteiger partial charge in [-0.15, -0.1) is 11.3 Å². The second-order valence-electron chi connectivity index (χ2n) is 8.02. The molecular weight excluding hydrogens is 370 g/mol. The number of thiophene rings is 1. The van der Waals surface area contributed by atoms with Crippen molar-refractivity contribution in [1.29, 1.82) is 0 Å². The van der Waals surface area contributed by atoms with Crippen molar-refractivity contribution in [3.05, 3.63) is 57.8 Å². The van der Waals surface area contributed by atoms with Gasteiger partial charge >= 0.3 is 0 Å². The third-order valence-corrected chi connectivity index (χ3v) is 5.20. The van der Waals surface area contributed by atoms with E-state index in [9.17, 15) is 5.11 Å². The van der Waals surface area contributed by atoms with Crippen LogP contribution in [0.25, 0.3) is 0 Å². The summed E-state index contributed by atoms with van der Waals surface area (Å²) in [5.74, 6) is 0.690. The minimum atomic E-state index is -0.936. The first-order valence-electron chi connectivity index (χ1n) is 9.70. The molecule has 0 fully saturated rings. The monoisotopic (exact) mass is 403 g/mol. The van der Waals surface area contributed by atoms with Gasteiger partial charge in [0.2, 0.25) is 0 Å². The highest BCUT2D eigenvalue weighted by Crippen LogP contribution is 2.24. The van der Waals surface area contributed by atoms with Gasteiger partial charge in [-0.25, -0.2) is 4.99 Å². The third-order valence-electron chi connectivity index (χ3n) is 4.08. The van der Waals surface area contributed by atoms with Gasteiger partial charge in [0.15, 0.2) is 5.96 Å². The topological polar surface area (TPSA) is 65.9 Å². The van der Waals surface area contributed by atoms with Crippen LogP contribution in [0.5, 0.6) is 0 Å². The fourth-order valence-corrected chi connectivity index (χ4v) is 3.34. The van der Waals surface area contributed by atoms with E-state index in [1.54, 1.807) is 11.3 Å². The van der Waals surface area contributed by atoms with Crippen molar-refractivity contribution < 1.29 is 9.84 Å². The Hall–Kier alpha value is -1.89. The van der Waals surface area contributed by atoms with Gasteiger partial charge in [0, 0.05) is 11.4 Å². The molecule has 2 rings (SSSR count). The second kappa shape index (κ2) is 10.0. The molecule has 1 aromatic heterocycles. The van der Waals surface area contributed by atoms with Crippen molar-refractivity contribution in [2.75, 3.05) is 13.1 Å². The lowest BCUT2D eigenvalue weighted by molar-refractivity contribution is -0.0149. The molecule has 1 aromatic carbocycles. The smallest absolute Gasteiger partial charge is 0.191 e. The first-order valence-corrected chi connectivity index (χ1v) is 10.6. The molecule has 28 heavy (non-hydrogen) atoms. The SMILES string of the molecule is CCNC(=NCc1cccc(COC(C)(C)C)c1)NCC(C)(O)c1cccs1. The minimum Gasteiger partial charge on any atom is -0.383 e. The van der Waals surface area contributed by atoms with Crippen molar-refractivity contribution in [3.63, 3.8) is 0 Å². The molecule has 0 spiro atoms. The van der Waals surface area contributed by atoms with Crippen LogP contribution < -0.4 is 10.6 Å². The number of guanidine groups is 1. The van der Waals surface area contributed by atoms with Crippen molar-refractivity contribution in [1.82, 2.24) is 10.6 Å². The molecule has 2 aromatic rings. The number of nitrogens with zero attached hydrogens (tertiary/aromatic N) is 1. The summed E-state index contributed by atoms with van der Waals surface area (Å²) < 4.78 is 5.86. The zero-order valence-corrected chi connectivity index (χ0v) is 18.4. The van der Waals surface area contributed by atoms with E-state index in [4.69, 9.17) is 4.74 Å². The van der Waals surface area contributed by atoms with E-state index >= 15 is 0 Å². The van der Waals surface area contributed by atoms with Gasteiger partial charge in [0.1, 0.15) is 5.60 Å². The number of ether oxygens (including phenoxy) is 1. The van der Waals surface area contributed by atoms with E-state index in [1.807, 2.05) is 37.4 Å². The molecule has 0 amide bonds. The van der Waals surface area contributed by atoms with Crippen molar-refractivity contribution >= 4 is 17.3 Å². The predicted octanol–water partition coefficient (Wildman–Crippen LogP) is 4.03.